The summed E-state index contributed by atoms with van der Waals surface area (Å²) >= 11 is 0. The molecule has 32 heavy (non-hydrogen) atoms. The Morgan fingerprint density at radius 3 is 2.91 bits per heavy atom. The van der Waals surface area contributed by atoms with E-state index in [1.165, 1.54) is 6.07 Å². The Morgan fingerprint density at radius 1 is 1.34 bits per heavy atom. The molecular formula is C22H28N4O6. The highest BCUT2D eigenvalue weighted by Gasteiger charge is 2.30. The Bertz CT molecular complexity index is 958. The van der Waals surface area contributed by atoms with Crippen molar-refractivity contribution in [2.75, 3.05) is 11.9 Å². The molecule has 0 radical (unpaired) electrons. The van der Waals surface area contributed by atoms with Crippen molar-refractivity contribution in [2.45, 2.75) is 57.6 Å². The lowest BCUT2D eigenvalue weighted by Gasteiger charge is -2.14. The van der Waals surface area contributed by atoms with Gasteiger partial charge >= 0.3 is 6.09 Å². The number of nitrogens with one attached hydrogen (secondary N) is 3. The van der Waals surface area contributed by atoms with E-state index in [2.05, 4.69) is 20.8 Å². The summed E-state index contributed by atoms with van der Waals surface area (Å²) in [5.41, 5.74) is 0.924. The van der Waals surface area contributed by atoms with Gasteiger partial charge in [-0.3, -0.25) is 14.7 Å². The van der Waals surface area contributed by atoms with Crippen molar-refractivity contribution < 1.29 is 29.0 Å². The molecule has 4 N–H and O–H groups in total. The second kappa shape index (κ2) is 10.7. The van der Waals surface area contributed by atoms with Gasteiger partial charge in [0.1, 0.15) is 17.6 Å². The average molecular weight is 444 g/mol. The lowest BCUT2D eigenvalue weighted by atomic mass is 10.0. The normalized spacial score (nSPS) is 17.7. The quantitative estimate of drug-likeness (QED) is 0.435. The van der Waals surface area contributed by atoms with Crippen molar-refractivity contribution >= 4 is 24.1 Å². The number of hydrogen-bond acceptors (Lipinski definition) is 7. The third-order valence-electron chi connectivity index (χ3n) is 5.12. The average Bonchev–Trinajstić information content (AvgIpc) is 3.37. The number of carbonyl (C=O) groups is 3. The van der Waals surface area contributed by atoms with E-state index in [1.54, 1.807) is 18.2 Å². The highest BCUT2D eigenvalue weighted by molar-refractivity contribution is 5.90. The number of phenolic OH excluding ortho intramolecular Hbond substituents is 1. The summed E-state index contributed by atoms with van der Waals surface area (Å²) in [6.07, 6.45) is 2.31. The molecule has 1 aromatic heterocycles. The van der Waals surface area contributed by atoms with E-state index in [-0.39, 0.29) is 54.1 Å². The zero-order chi connectivity index (χ0) is 23.1. The molecule has 1 heterocycles. The molecule has 1 aromatic carbocycles. The third kappa shape index (κ3) is 6.22. The Morgan fingerprint density at radius 2 is 2.16 bits per heavy atom. The van der Waals surface area contributed by atoms with Gasteiger partial charge in [0.15, 0.2) is 12.1 Å². The summed E-state index contributed by atoms with van der Waals surface area (Å²) in [6.45, 7) is 3.79. The molecule has 1 fully saturated rings. The molecule has 0 spiro atoms. The van der Waals surface area contributed by atoms with Gasteiger partial charge in [0.05, 0.1) is 18.6 Å². The first-order valence-corrected chi connectivity index (χ1v) is 10.6. The highest BCUT2D eigenvalue weighted by atomic mass is 16.6. The lowest BCUT2D eigenvalue weighted by molar-refractivity contribution is -0.116. The van der Waals surface area contributed by atoms with Crippen LogP contribution in [0.2, 0.25) is 0 Å². The Hall–Kier alpha value is -3.56. The number of hydrogen-bond donors (Lipinski definition) is 4. The molecule has 0 bridgehead atoms. The van der Waals surface area contributed by atoms with Crippen LogP contribution in [0.5, 0.6) is 11.5 Å². The van der Waals surface area contributed by atoms with Crippen LogP contribution in [0, 0.1) is 0 Å². The summed E-state index contributed by atoms with van der Waals surface area (Å²) in [4.78, 5) is 35.0. The van der Waals surface area contributed by atoms with E-state index in [9.17, 15) is 19.5 Å². The Kier molecular flexibility index (Phi) is 7.69. The predicted molar refractivity (Wildman–Crippen MR) is 116 cm³/mol. The highest BCUT2D eigenvalue weighted by Crippen LogP contribution is 2.35. The van der Waals surface area contributed by atoms with Gasteiger partial charge in [0.25, 0.3) is 0 Å². The minimum atomic E-state index is -0.406. The SMILES string of the molecule is CC(C)NC(=O)O[C@@H]1CC[C@H](c2cc(NC(=O)CCOc3cccc(O)c3C=O)n[nH]2)C1. The number of ether oxygens (including phenoxy) is 2. The third-order valence-corrected chi connectivity index (χ3v) is 5.12. The molecule has 2 aromatic rings. The smallest absolute Gasteiger partial charge is 0.407 e. The van der Waals surface area contributed by atoms with Gasteiger partial charge in [0, 0.05) is 23.7 Å². The van der Waals surface area contributed by atoms with E-state index in [0.29, 0.717) is 18.5 Å². The number of anilines is 1. The van der Waals surface area contributed by atoms with Gasteiger partial charge in [-0.1, -0.05) is 6.07 Å². The van der Waals surface area contributed by atoms with E-state index >= 15 is 0 Å². The van der Waals surface area contributed by atoms with Crippen molar-refractivity contribution in [3.63, 3.8) is 0 Å². The Balaban J connectivity index is 1.44. The van der Waals surface area contributed by atoms with Crippen LogP contribution in [-0.4, -0.2) is 52.3 Å². The van der Waals surface area contributed by atoms with Gasteiger partial charge in [0.2, 0.25) is 5.91 Å². The van der Waals surface area contributed by atoms with E-state index in [0.717, 1.165) is 18.5 Å². The summed E-state index contributed by atoms with van der Waals surface area (Å²) in [5, 5.41) is 22.1. The number of rotatable bonds is 9. The molecule has 1 aliphatic rings. The molecule has 2 amide bonds. The van der Waals surface area contributed by atoms with Crippen LogP contribution in [0.1, 0.15) is 61.5 Å². The van der Waals surface area contributed by atoms with Gasteiger partial charge in [-0.15, -0.1) is 0 Å². The number of amides is 2. The van der Waals surface area contributed by atoms with E-state index < -0.39 is 6.09 Å². The summed E-state index contributed by atoms with van der Waals surface area (Å²) in [7, 11) is 0. The number of phenols is 1. The van der Waals surface area contributed by atoms with Crippen molar-refractivity contribution in [2.24, 2.45) is 0 Å². The van der Waals surface area contributed by atoms with Crippen LogP contribution in [0.3, 0.4) is 0 Å². The minimum Gasteiger partial charge on any atom is -0.507 e. The van der Waals surface area contributed by atoms with Gasteiger partial charge in [-0.25, -0.2) is 4.79 Å². The lowest BCUT2D eigenvalue weighted by Crippen LogP contribution is -2.33. The van der Waals surface area contributed by atoms with Crippen LogP contribution < -0.4 is 15.4 Å². The number of aromatic hydroxyl groups is 1. The van der Waals surface area contributed by atoms with Crippen molar-refractivity contribution in [1.82, 2.24) is 15.5 Å². The predicted octanol–water partition coefficient (Wildman–Crippen LogP) is 3.11. The summed E-state index contributed by atoms with van der Waals surface area (Å²) in [6, 6.07) is 6.29. The number of H-pyrrole nitrogens is 1. The molecule has 1 aliphatic carbocycles. The fraction of sp³-hybridized carbons (Fsp3) is 0.455. The van der Waals surface area contributed by atoms with E-state index in [4.69, 9.17) is 9.47 Å². The first-order chi connectivity index (χ1) is 15.4. The van der Waals surface area contributed by atoms with Crippen molar-refractivity contribution in [3.8, 4) is 11.5 Å². The zero-order valence-electron chi connectivity index (χ0n) is 18.1. The number of carbonyl (C=O) groups excluding carboxylic acids is 3. The topological polar surface area (TPSA) is 143 Å². The van der Waals surface area contributed by atoms with Crippen LogP contribution in [0.25, 0.3) is 0 Å². The zero-order valence-corrected chi connectivity index (χ0v) is 18.1. The number of aromatic nitrogens is 2. The molecule has 10 nitrogen and oxygen atoms in total. The van der Waals surface area contributed by atoms with Gasteiger partial charge in [-0.2, -0.15) is 5.10 Å². The first kappa shape index (κ1) is 23.1. The second-order valence-electron chi connectivity index (χ2n) is 8.00. The van der Waals surface area contributed by atoms with Crippen LogP contribution in [-0.2, 0) is 9.53 Å². The molecule has 1 saturated carbocycles. The number of aldehydes is 1. The maximum atomic E-state index is 12.2. The van der Waals surface area contributed by atoms with Crippen LogP contribution in [0.15, 0.2) is 24.3 Å². The van der Waals surface area contributed by atoms with Crippen LogP contribution >= 0.6 is 0 Å². The standard InChI is InChI=1S/C22H28N4O6/c1-13(2)23-22(30)32-15-7-6-14(10-15)17-11-20(26-25-17)24-21(29)8-9-31-19-5-3-4-18(28)16(19)12-27/h3-5,11-15,28H,6-10H2,1-2H3,(H,23,30)(H2,24,25,26,29)/t14-,15+/m0/s1. The monoisotopic (exact) mass is 444 g/mol. The summed E-state index contributed by atoms with van der Waals surface area (Å²) in [5.74, 6) is 0.314. The fourth-order valence-corrected chi connectivity index (χ4v) is 3.60. The largest absolute Gasteiger partial charge is 0.507 e. The molecule has 0 unspecified atom stereocenters. The number of benzene rings is 1. The maximum absolute atomic E-state index is 12.2. The molecule has 10 heteroatoms. The van der Waals surface area contributed by atoms with Gasteiger partial charge in [-0.05, 0) is 45.2 Å². The molecular weight excluding hydrogens is 416 g/mol. The molecule has 2 atom stereocenters. The second-order valence-corrected chi connectivity index (χ2v) is 8.00. The number of alkyl carbamates (subject to hydrolysis) is 1. The van der Waals surface area contributed by atoms with Crippen molar-refractivity contribution in [1.29, 1.82) is 0 Å². The molecule has 172 valence electrons. The van der Waals surface area contributed by atoms with Gasteiger partial charge < -0.3 is 25.2 Å². The maximum Gasteiger partial charge on any atom is 0.407 e. The van der Waals surface area contributed by atoms with Crippen LogP contribution in [0.4, 0.5) is 10.6 Å². The Labute approximate surface area is 185 Å². The molecule has 0 aliphatic heterocycles. The number of aromatic amines is 1. The van der Waals surface area contributed by atoms with E-state index in [1.807, 2.05) is 13.8 Å². The first-order valence-electron chi connectivity index (χ1n) is 10.6. The van der Waals surface area contributed by atoms with Crippen molar-refractivity contribution in [3.05, 3.63) is 35.5 Å². The minimum absolute atomic E-state index is 0.0239. The molecule has 0 saturated heterocycles. The fourth-order valence-electron chi connectivity index (χ4n) is 3.60. The summed E-state index contributed by atoms with van der Waals surface area (Å²) < 4.78 is 10.9. The molecule has 3 rings (SSSR count). The number of nitrogens with zero attached hydrogens (tertiary/aromatic N) is 1.